The van der Waals surface area contributed by atoms with Gasteiger partial charge in [0, 0.05) is 0 Å². The van der Waals surface area contributed by atoms with Gasteiger partial charge >= 0.3 is 227 Å². The van der Waals surface area contributed by atoms with Crippen LogP contribution < -0.4 is 0 Å². The molecule has 8 nitrogen and oxygen atoms in total. The molecule has 0 aromatic rings. The molecule has 0 unspecified atom stereocenters. The molecule has 0 spiro atoms. The number of carbonyl (C=O) groups is 4. The van der Waals surface area contributed by atoms with Gasteiger partial charge in [0.05, 0.1) is 0 Å². The van der Waals surface area contributed by atoms with Gasteiger partial charge in [-0.3, -0.25) is 0 Å². The van der Waals surface area contributed by atoms with Gasteiger partial charge in [0.15, 0.2) is 0 Å². The fraction of sp³-hybridized carbons (Fsp3) is 0.857. The summed E-state index contributed by atoms with van der Waals surface area (Å²) in [5.41, 5.74) is 0. The second kappa shape index (κ2) is 14.1. The Morgan fingerprint density at radius 3 is 0.730 bits per heavy atom. The Morgan fingerprint density at radius 2 is 0.541 bits per heavy atom. The van der Waals surface area contributed by atoms with E-state index in [1.165, 1.54) is 0 Å². The van der Waals surface area contributed by atoms with Crippen LogP contribution in [-0.2, 0) is 50.6 Å². The molecule has 208 valence electrons. The molecule has 0 radical (unpaired) electrons. The molecule has 0 saturated heterocycles. The summed E-state index contributed by atoms with van der Waals surface area (Å²) in [5, 5.41) is 0. The average molecular weight is 557 g/mol. The quantitative estimate of drug-likeness (QED) is 0.321. The zero-order chi connectivity index (χ0) is 26.1. The van der Waals surface area contributed by atoms with E-state index in [2.05, 4.69) is 0 Å². The molecule has 0 N–H and O–H groups in total. The van der Waals surface area contributed by atoms with Crippen molar-refractivity contribution in [3.8, 4) is 0 Å². The molecule has 9 heteroatoms. The summed E-state index contributed by atoms with van der Waals surface area (Å²) >= 11 is -5.48. The summed E-state index contributed by atoms with van der Waals surface area (Å²) in [6.45, 7) is 0. The van der Waals surface area contributed by atoms with E-state index in [4.69, 9.17) is 13.3 Å². The molecule has 0 amide bonds. The van der Waals surface area contributed by atoms with Crippen LogP contribution in [0.4, 0.5) is 0 Å². The first-order valence-electron chi connectivity index (χ1n) is 14.9. The number of rotatable bonds is 8. The molecule has 0 bridgehead atoms. The van der Waals surface area contributed by atoms with Crippen LogP contribution in [0.25, 0.3) is 0 Å². The molecule has 0 atom stereocenters. The summed E-state index contributed by atoms with van der Waals surface area (Å²) in [6, 6.07) is 0. The molecule has 0 aromatic heterocycles. The van der Waals surface area contributed by atoms with Gasteiger partial charge in [-0.15, -0.1) is 0 Å². The van der Waals surface area contributed by atoms with Gasteiger partial charge in [-0.25, -0.2) is 0 Å². The average Bonchev–Trinajstić information content (AvgIpc) is 2.94. The molecule has 4 fully saturated rings. The van der Waals surface area contributed by atoms with Crippen LogP contribution in [0.15, 0.2) is 0 Å². The number of hydrogen-bond donors (Lipinski definition) is 0. The first kappa shape index (κ1) is 28.6. The Hall–Kier alpha value is -1.41. The zero-order valence-electron chi connectivity index (χ0n) is 22.2. The fourth-order valence-electron chi connectivity index (χ4n) is 6.30. The molecule has 4 aliphatic carbocycles. The standard InChI is InChI=1S/4C7H12O2.Ti/c4*8-7(9)6-4-2-1-3-5-6;/h4*6H,1-5H2,(H,8,9);/q;;;;+4/p-4. The van der Waals surface area contributed by atoms with Crippen molar-refractivity contribution in [2.24, 2.45) is 23.7 Å². The molecule has 4 aliphatic rings. The van der Waals surface area contributed by atoms with Crippen molar-refractivity contribution in [3.05, 3.63) is 0 Å². The van der Waals surface area contributed by atoms with Gasteiger partial charge < -0.3 is 0 Å². The number of carbonyl (C=O) groups excluding carboxylic acids is 4. The van der Waals surface area contributed by atoms with E-state index in [1.807, 2.05) is 0 Å². The molecule has 0 aromatic carbocycles. The maximum absolute atomic E-state index is 13.3. The van der Waals surface area contributed by atoms with Crippen LogP contribution in [0, 0.1) is 23.7 Å². The Bertz CT molecular complexity index is 656. The van der Waals surface area contributed by atoms with E-state index in [1.54, 1.807) is 0 Å². The van der Waals surface area contributed by atoms with E-state index >= 15 is 0 Å². The molecule has 0 aliphatic heterocycles. The van der Waals surface area contributed by atoms with E-state index < -0.39 is 42.0 Å². The van der Waals surface area contributed by atoms with Crippen LogP contribution in [0.5, 0.6) is 0 Å². The van der Waals surface area contributed by atoms with Gasteiger partial charge in [0.2, 0.25) is 0 Å². The van der Waals surface area contributed by atoms with Gasteiger partial charge in [-0.1, -0.05) is 0 Å². The molecule has 4 rings (SSSR count). The third kappa shape index (κ3) is 8.29. The van der Waals surface area contributed by atoms with Crippen LogP contribution in [0.2, 0.25) is 0 Å². The van der Waals surface area contributed by atoms with Crippen LogP contribution in [-0.4, -0.2) is 23.9 Å². The van der Waals surface area contributed by atoms with Crippen molar-refractivity contribution in [3.63, 3.8) is 0 Å². The predicted molar refractivity (Wildman–Crippen MR) is 131 cm³/mol. The zero-order valence-corrected chi connectivity index (χ0v) is 23.8. The van der Waals surface area contributed by atoms with Crippen molar-refractivity contribution in [2.45, 2.75) is 128 Å². The Morgan fingerprint density at radius 1 is 0.351 bits per heavy atom. The van der Waals surface area contributed by atoms with E-state index in [0.29, 0.717) is 51.4 Å². The third-order valence-corrected chi connectivity index (χ3v) is 11.5. The minimum atomic E-state index is -5.48. The van der Waals surface area contributed by atoms with Crippen LogP contribution in [0.3, 0.4) is 0 Å². The maximum atomic E-state index is 13.3. The third-order valence-electron chi connectivity index (χ3n) is 8.66. The Kier molecular flexibility index (Phi) is 10.9. The van der Waals surface area contributed by atoms with E-state index in [9.17, 15) is 19.2 Å². The van der Waals surface area contributed by atoms with Crippen molar-refractivity contribution < 1.29 is 50.6 Å². The summed E-state index contributed by atoms with van der Waals surface area (Å²) in [4.78, 5) is 53.4. The Balaban J connectivity index is 1.59. The fourth-order valence-corrected chi connectivity index (χ4v) is 9.27. The normalized spacial score (nSPS) is 23.1. The van der Waals surface area contributed by atoms with E-state index in [-0.39, 0.29) is 23.7 Å². The summed E-state index contributed by atoms with van der Waals surface area (Å²) in [6.07, 6.45) is 16.8. The molecule has 4 saturated carbocycles. The van der Waals surface area contributed by atoms with Crippen molar-refractivity contribution in [1.29, 1.82) is 0 Å². The topological polar surface area (TPSA) is 105 Å². The van der Waals surface area contributed by atoms with Crippen LogP contribution in [0.1, 0.15) is 128 Å². The summed E-state index contributed by atoms with van der Waals surface area (Å²) < 4.78 is 23.5. The molecular formula is C28H44O8Ti. The van der Waals surface area contributed by atoms with Gasteiger partial charge in [0.25, 0.3) is 0 Å². The van der Waals surface area contributed by atoms with Gasteiger partial charge in [-0.2, -0.15) is 0 Å². The summed E-state index contributed by atoms with van der Waals surface area (Å²) in [7, 11) is 0. The first-order valence-corrected chi connectivity index (χ1v) is 17.4. The monoisotopic (exact) mass is 556 g/mol. The molecule has 37 heavy (non-hydrogen) atoms. The predicted octanol–water partition coefficient (Wildman–Crippen LogP) is 6.29. The van der Waals surface area contributed by atoms with Crippen molar-refractivity contribution >= 4 is 23.9 Å². The van der Waals surface area contributed by atoms with Gasteiger partial charge in [0.1, 0.15) is 0 Å². The Labute approximate surface area is 226 Å². The SMILES string of the molecule is O=C([O][Ti]([O]C(=O)C1CCCCC1)([O]C(=O)C1CCCCC1)[O]C(=O)C1CCCCC1)C1CCCCC1. The molecular weight excluding hydrogens is 512 g/mol. The van der Waals surface area contributed by atoms with E-state index in [0.717, 1.165) is 77.0 Å². The number of hydrogen-bond acceptors (Lipinski definition) is 8. The van der Waals surface area contributed by atoms with Crippen molar-refractivity contribution in [2.75, 3.05) is 0 Å². The second-order valence-corrected chi connectivity index (χ2v) is 14.4. The van der Waals surface area contributed by atoms with Crippen molar-refractivity contribution in [1.82, 2.24) is 0 Å². The summed E-state index contributed by atoms with van der Waals surface area (Å²) in [5.74, 6) is -3.73. The van der Waals surface area contributed by atoms with Gasteiger partial charge in [-0.05, 0) is 0 Å². The second-order valence-electron chi connectivity index (χ2n) is 11.5. The minimum absolute atomic E-state index is 0.367. The molecule has 0 heterocycles. The first-order chi connectivity index (χ1) is 18.0. The van der Waals surface area contributed by atoms with Crippen LogP contribution >= 0.6 is 0 Å².